The molecule has 1 rings (SSSR count). The monoisotopic (exact) mass is 142 g/mol. The standard InChI is InChI=1S/C10H15.Li/c1-2-3-4-7-10-8-5-6-9-10;/h5,8H,2-4,6-7H2,1H3;/q-1;+1. The molecule has 56 valence electrons. The molecule has 11 heavy (non-hydrogen) atoms. The molecule has 1 aliphatic carbocycles. The number of rotatable bonds is 4. The van der Waals surface area contributed by atoms with Gasteiger partial charge in [0.2, 0.25) is 0 Å². The Labute approximate surface area is 81.9 Å². The number of hydrogen-bond donors (Lipinski definition) is 0. The van der Waals surface area contributed by atoms with Crippen LogP contribution in [0.4, 0.5) is 0 Å². The predicted octanol–water partition coefficient (Wildman–Crippen LogP) is 0.260. The van der Waals surface area contributed by atoms with Crippen molar-refractivity contribution >= 4 is 0 Å². The summed E-state index contributed by atoms with van der Waals surface area (Å²) in [6, 6.07) is 0. The van der Waals surface area contributed by atoms with Crippen molar-refractivity contribution in [1.29, 1.82) is 0 Å². The van der Waals surface area contributed by atoms with Gasteiger partial charge in [0.1, 0.15) is 0 Å². The Balaban J connectivity index is 0.000001000. The largest absolute Gasteiger partial charge is 1.00 e. The van der Waals surface area contributed by atoms with E-state index in [1.165, 1.54) is 31.3 Å². The van der Waals surface area contributed by atoms with Crippen LogP contribution in [0.25, 0.3) is 0 Å². The van der Waals surface area contributed by atoms with Crippen LogP contribution in [0.15, 0.2) is 17.7 Å². The average Bonchev–Trinajstić information content (AvgIpc) is 2.41. The van der Waals surface area contributed by atoms with Crippen molar-refractivity contribution < 1.29 is 18.9 Å². The minimum Gasteiger partial charge on any atom is -0.269 e. The molecule has 0 spiro atoms. The second-order valence-corrected chi connectivity index (χ2v) is 2.77. The van der Waals surface area contributed by atoms with Crippen LogP contribution in [-0.2, 0) is 0 Å². The normalized spacial score (nSPS) is 14.5. The molecule has 1 aliphatic rings. The van der Waals surface area contributed by atoms with Crippen LogP contribution in [-0.4, -0.2) is 0 Å². The third-order valence-corrected chi connectivity index (χ3v) is 1.82. The predicted molar refractivity (Wildman–Crippen MR) is 44.7 cm³/mol. The van der Waals surface area contributed by atoms with E-state index in [-0.39, 0.29) is 18.9 Å². The first-order chi connectivity index (χ1) is 4.93. The summed E-state index contributed by atoms with van der Waals surface area (Å²) in [7, 11) is 0. The van der Waals surface area contributed by atoms with Gasteiger partial charge in [0.25, 0.3) is 0 Å². The van der Waals surface area contributed by atoms with Gasteiger partial charge in [-0.2, -0.15) is 6.08 Å². The molecular formula is C10H15Li. The molecule has 0 atom stereocenters. The summed E-state index contributed by atoms with van der Waals surface area (Å²) < 4.78 is 0. The molecule has 0 aliphatic heterocycles. The fraction of sp³-hybridized carbons (Fsp3) is 0.600. The zero-order valence-corrected chi connectivity index (χ0v) is 7.69. The Kier molecular flexibility index (Phi) is 6.81. The SMILES string of the molecule is CCCCCC1=[C-]CC=C1.[Li+]. The molecule has 0 unspecified atom stereocenters. The van der Waals surface area contributed by atoms with Crippen LogP contribution in [0.5, 0.6) is 0 Å². The molecule has 0 radical (unpaired) electrons. The van der Waals surface area contributed by atoms with Gasteiger partial charge in [-0.3, -0.25) is 6.08 Å². The fourth-order valence-corrected chi connectivity index (χ4v) is 1.19. The molecular weight excluding hydrogens is 127 g/mol. The average molecular weight is 142 g/mol. The third-order valence-electron chi connectivity index (χ3n) is 1.82. The summed E-state index contributed by atoms with van der Waals surface area (Å²) in [4.78, 5) is 0. The van der Waals surface area contributed by atoms with Crippen LogP contribution in [0.3, 0.4) is 0 Å². The number of hydrogen-bond acceptors (Lipinski definition) is 0. The van der Waals surface area contributed by atoms with E-state index in [0.29, 0.717) is 0 Å². The second-order valence-electron chi connectivity index (χ2n) is 2.77. The maximum absolute atomic E-state index is 3.32. The Hall–Kier alpha value is 0.0774. The van der Waals surface area contributed by atoms with Crippen LogP contribution < -0.4 is 18.9 Å². The topological polar surface area (TPSA) is 0 Å². The smallest absolute Gasteiger partial charge is 0.269 e. The van der Waals surface area contributed by atoms with Gasteiger partial charge in [-0.25, -0.2) is 11.6 Å². The summed E-state index contributed by atoms with van der Waals surface area (Å²) in [5.41, 5.74) is 1.42. The molecule has 0 bridgehead atoms. The molecule has 0 aromatic rings. The Morgan fingerprint density at radius 1 is 1.45 bits per heavy atom. The fourth-order valence-electron chi connectivity index (χ4n) is 1.19. The minimum atomic E-state index is 0. The Bertz CT molecular complexity index is 145. The van der Waals surface area contributed by atoms with E-state index < -0.39 is 0 Å². The summed E-state index contributed by atoms with van der Waals surface area (Å²) in [5, 5.41) is 0. The Morgan fingerprint density at radius 3 is 2.82 bits per heavy atom. The first kappa shape index (κ1) is 11.1. The van der Waals surface area contributed by atoms with Crippen molar-refractivity contribution in [3.05, 3.63) is 23.8 Å². The van der Waals surface area contributed by atoms with Crippen LogP contribution in [0.2, 0.25) is 0 Å². The summed E-state index contributed by atoms with van der Waals surface area (Å²) in [6.45, 7) is 2.24. The van der Waals surface area contributed by atoms with Gasteiger partial charge in [0.15, 0.2) is 0 Å². The summed E-state index contributed by atoms with van der Waals surface area (Å²) in [5.74, 6) is 0. The van der Waals surface area contributed by atoms with Crippen molar-refractivity contribution in [3.8, 4) is 0 Å². The maximum atomic E-state index is 3.32. The van der Waals surface area contributed by atoms with E-state index >= 15 is 0 Å². The Morgan fingerprint density at radius 2 is 2.27 bits per heavy atom. The molecule has 0 fully saturated rings. The van der Waals surface area contributed by atoms with Crippen LogP contribution in [0.1, 0.15) is 39.0 Å². The summed E-state index contributed by atoms with van der Waals surface area (Å²) >= 11 is 0. The molecule has 0 nitrogen and oxygen atoms in total. The van der Waals surface area contributed by atoms with Gasteiger partial charge in [-0.15, -0.1) is 6.42 Å². The number of unbranched alkanes of at least 4 members (excludes halogenated alkanes) is 2. The quantitative estimate of drug-likeness (QED) is 0.300. The van der Waals surface area contributed by atoms with Crippen molar-refractivity contribution in [3.63, 3.8) is 0 Å². The van der Waals surface area contributed by atoms with Gasteiger partial charge in [0, 0.05) is 0 Å². The molecule has 1 heteroatoms. The van der Waals surface area contributed by atoms with Gasteiger partial charge < -0.3 is 0 Å². The van der Waals surface area contributed by atoms with Gasteiger partial charge in [-0.05, 0) is 0 Å². The maximum Gasteiger partial charge on any atom is 1.00 e. The first-order valence-corrected chi connectivity index (χ1v) is 4.19. The van der Waals surface area contributed by atoms with Crippen LogP contribution >= 0.6 is 0 Å². The second kappa shape index (κ2) is 6.77. The van der Waals surface area contributed by atoms with Crippen molar-refractivity contribution in [2.45, 2.75) is 39.0 Å². The van der Waals surface area contributed by atoms with E-state index in [2.05, 4.69) is 25.2 Å². The van der Waals surface area contributed by atoms with E-state index in [1.54, 1.807) is 0 Å². The van der Waals surface area contributed by atoms with E-state index in [1.807, 2.05) is 0 Å². The van der Waals surface area contributed by atoms with E-state index in [4.69, 9.17) is 0 Å². The zero-order chi connectivity index (χ0) is 7.23. The molecule has 0 saturated heterocycles. The number of allylic oxidation sites excluding steroid dienone is 4. The van der Waals surface area contributed by atoms with E-state index in [0.717, 1.165) is 6.42 Å². The molecule has 0 aromatic carbocycles. The molecule has 0 amide bonds. The van der Waals surface area contributed by atoms with Crippen molar-refractivity contribution in [1.82, 2.24) is 0 Å². The zero-order valence-electron chi connectivity index (χ0n) is 7.69. The summed E-state index contributed by atoms with van der Waals surface area (Å²) in [6.07, 6.45) is 14.0. The van der Waals surface area contributed by atoms with Crippen molar-refractivity contribution in [2.24, 2.45) is 0 Å². The van der Waals surface area contributed by atoms with E-state index in [9.17, 15) is 0 Å². The third kappa shape index (κ3) is 4.51. The molecule has 0 aromatic heterocycles. The van der Waals surface area contributed by atoms with Gasteiger partial charge in [-0.1, -0.05) is 32.6 Å². The molecule has 0 heterocycles. The van der Waals surface area contributed by atoms with Gasteiger partial charge >= 0.3 is 18.9 Å². The first-order valence-electron chi connectivity index (χ1n) is 4.19. The molecule has 0 saturated carbocycles. The minimum absolute atomic E-state index is 0. The van der Waals surface area contributed by atoms with Crippen LogP contribution in [0, 0.1) is 6.08 Å². The van der Waals surface area contributed by atoms with Crippen molar-refractivity contribution in [2.75, 3.05) is 0 Å². The van der Waals surface area contributed by atoms with Gasteiger partial charge in [0.05, 0.1) is 0 Å². The molecule has 0 N–H and O–H groups in total.